The molecule has 240 valence electrons. The zero-order valence-electron chi connectivity index (χ0n) is 29.4. The highest BCUT2D eigenvalue weighted by Gasteiger charge is 2.59. The zero-order chi connectivity index (χ0) is 32.0. The summed E-state index contributed by atoms with van der Waals surface area (Å²) in [7, 11) is 1.85. The van der Waals surface area contributed by atoms with Crippen LogP contribution in [0.25, 0.3) is 6.08 Å². The lowest BCUT2D eigenvalue weighted by atomic mass is 9.48. The number of allylic oxidation sites excluding steroid dienone is 1. The van der Waals surface area contributed by atoms with Gasteiger partial charge in [-0.15, -0.1) is 0 Å². The fourth-order valence-corrected chi connectivity index (χ4v) is 10.8. The Labute approximate surface area is 267 Å². The minimum atomic E-state index is -0.216. The van der Waals surface area contributed by atoms with Gasteiger partial charge in [-0.3, -0.25) is 0 Å². The fraction of sp³-hybridized carbons (Fsp3) is 0.659. The van der Waals surface area contributed by atoms with Crippen LogP contribution in [-0.4, -0.2) is 18.3 Å². The molecular weight excluding hydrogens is 540 g/mol. The SMILES string of the molecule is COC1c2cc(C(C)C)c(O)cc2C2(C)CCCC(C)(C)C2C1Oc1cc2c(cc1C(C)C)C=CC1C(C)(C)CCCC21C. The summed E-state index contributed by atoms with van der Waals surface area (Å²) in [6.07, 6.45) is 11.7. The van der Waals surface area contributed by atoms with Crippen molar-refractivity contribution in [3.05, 3.63) is 63.7 Å². The van der Waals surface area contributed by atoms with E-state index in [9.17, 15) is 5.11 Å². The first kappa shape index (κ1) is 31.7. The van der Waals surface area contributed by atoms with Crippen molar-refractivity contribution in [2.24, 2.45) is 22.7 Å². The Kier molecular flexibility index (Phi) is 7.67. The first-order valence-electron chi connectivity index (χ1n) is 17.5. The number of rotatable bonds is 5. The number of phenols is 1. The molecule has 4 aliphatic carbocycles. The molecule has 6 atom stereocenters. The quantitative estimate of drug-likeness (QED) is 0.372. The van der Waals surface area contributed by atoms with Gasteiger partial charge in [0.15, 0.2) is 0 Å². The highest BCUT2D eigenvalue weighted by atomic mass is 16.5. The molecule has 0 heterocycles. The highest BCUT2D eigenvalue weighted by molar-refractivity contribution is 5.65. The van der Waals surface area contributed by atoms with Crippen molar-refractivity contribution in [1.29, 1.82) is 0 Å². The van der Waals surface area contributed by atoms with Crippen molar-refractivity contribution in [2.45, 2.75) is 143 Å². The van der Waals surface area contributed by atoms with Crippen molar-refractivity contribution < 1.29 is 14.6 Å². The Morgan fingerprint density at radius 3 is 2.02 bits per heavy atom. The van der Waals surface area contributed by atoms with Crippen LogP contribution in [-0.2, 0) is 15.6 Å². The van der Waals surface area contributed by atoms with Crippen molar-refractivity contribution in [2.75, 3.05) is 7.11 Å². The van der Waals surface area contributed by atoms with Gasteiger partial charge in [-0.05, 0) is 123 Å². The van der Waals surface area contributed by atoms with Gasteiger partial charge in [0.2, 0.25) is 0 Å². The van der Waals surface area contributed by atoms with Crippen molar-refractivity contribution in [3.8, 4) is 11.5 Å². The molecule has 0 saturated heterocycles. The molecule has 4 aliphatic rings. The van der Waals surface area contributed by atoms with E-state index >= 15 is 0 Å². The molecule has 0 spiro atoms. The molecule has 3 nitrogen and oxygen atoms in total. The van der Waals surface area contributed by atoms with E-state index in [1.165, 1.54) is 53.5 Å². The van der Waals surface area contributed by atoms with Gasteiger partial charge in [0.25, 0.3) is 0 Å². The number of benzene rings is 2. The van der Waals surface area contributed by atoms with Crippen molar-refractivity contribution >= 4 is 6.08 Å². The number of hydrogen-bond donors (Lipinski definition) is 1. The average Bonchev–Trinajstić information content (AvgIpc) is 2.92. The molecule has 0 aliphatic heterocycles. The maximum atomic E-state index is 11.2. The summed E-state index contributed by atoms with van der Waals surface area (Å²) in [5, 5.41) is 11.2. The summed E-state index contributed by atoms with van der Waals surface area (Å²) in [6, 6.07) is 9.21. The molecule has 2 saturated carbocycles. The van der Waals surface area contributed by atoms with Gasteiger partial charge >= 0.3 is 0 Å². The third kappa shape index (κ3) is 4.69. The topological polar surface area (TPSA) is 38.7 Å². The molecule has 44 heavy (non-hydrogen) atoms. The number of fused-ring (bicyclic) bond motifs is 6. The van der Waals surface area contributed by atoms with E-state index in [1.54, 1.807) is 0 Å². The smallest absolute Gasteiger partial charge is 0.133 e. The Bertz CT molecular complexity index is 1460. The van der Waals surface area contributed by atoms with Crippen LogP contribution in [0, 0.1) is 22.7 Å². The van der Waals surface area contributed by atoms with Gasteiger partial charge in [0.05, 0.1) is 0 Å². The van der Waals surface area contributed by atoms with Crippen LogP contribution in [0.2, 0.25) is 0 Å². The standard InChI is InChI=1S/C41H58O3/c1-24(2)27-21-29-31(22-32(27)42)41(10)19-13-17-39(7,8)37(41)36(35(29)43-11)44-33-23-30-26(20-28(33)25(3)4)14-15-34-38(5,6)16-12-18-40(30,34)9/h14-15,20-25,34-37,42H,12-13,16-19H2,1-11H3. The summed E-state index contributed by atoms with van der Waals surface area (Å²) < 4.78 is 14.0. The number of methoxy groups -OCH3 is 1. The Balaban J connectivity index is 1.54. The highest BCUT2D eigenvalue weighted by Crippen LogP contribution is 2.62. The molecule has 2 fully saturated rings. The molecule has 2 aromatic rings. The normalized spacial score (nSPS) is 33.4. The number of ether oxygens (including phenoxy) is 2. The van der Waals surface area contributed by atoms with Crippen LogP contribution >= 0.6 is 0 Å². The summed E-state index contributed by atoms with van der Waals surface area (Å²) >= 11 is 0. The maximum Gasteiger partial charge on any atom is 0.133 e. The second-order valence-corrected chi connectivity index (χ2v) is 17.4. The third-order valence-electron chi connectivity index (χ3n) is 12.9. The number of phenolic OH excluding ortho intramolecular Hbond substituents is 1. The lowest BCUT2D eigenvalue weighted by Gasteiger charge is -2.58. The molecule has 0 amide bonds. The largest absolute Gasteiger partial charge is 0.508 e. The van der Waals surface area contributed by atoms with E-state index in [0.717, 1.165) is 24.2 Å². The summed E-state index contributed by atoms with van der Waals surface area (Å²) in [6.45, 7) is 23.6. The molecule has 2 aromatic carbocycles. The average molecular weight is 599 g/mol. The summed E-state index contributed by atoms with van der Waals surface area (Å²) in [5.74, 6) is 2.77. The Morgan fingerprint density at radius 1 is 0.750 bits per heavy atom. The summed E-state index contributed by atoms with van der Waals surface area (Å²) in [4.78, 5) is 0. The van der Waals surface area contributed by atoms with E-state index in [1.807, 2.05) is 7.11 Å². The van der Waals surface area contributed by atoms with Crippen LogP contribution < -0.4 is 4.74 Å². The fourth-order valence-electron chi connectivity index (χ4n) is 10.8. The molecule has 6 rings (SSSR count). The second kappa shape index (κ2) is 10.6. The second-order valence-electron chi connectivity index (χ2n) is 17.4. The number of aromatic hydroxyl groups is 1. The minimum Gasteiger partial charge on any atom is -0.508 e. The zero-order valence-corrected chi connectivity index (χ0v) is 29.4. The molecule has 1 N–H and O–H groups in total. The predicted octanol–water partition coefficient (Wildman–Crippen LogP) is 11.0. The molecule has 0 aromatic heterocycles. The minimum absolute atomic E-state index is 0.0535. The molecule has 0 radical (unpaired) electrons. The van der Waals surface area contributed by atoms with Crippen LogP contribution in [0.1, 0.15) is 159 Å². The van der Waals surface area contributed by atoms with Gasteiger partial charge in [0.1, 0.15) is 23.7 Å². The van der Waals surface area contributed by atoms with E-state index < -0.39 is 0 Å². The van der Waals surface area contributed by atoms with Gasteiger partial charge in [-0.2, -0.15) is 0 Å². The van der Waals surface area contributed by atoms with Gasteiger partial charge in [-0.25, -0.2) is 0 Å². The Morgan fingerprint density at radius 2 is 1.39 bits per heavy atom. The van der Waals surface area contributed by atoms with Crippen LogP contribution in [0.4, 0.5) is 0 Å². The predicted molar refractivity (Wildman–Crippen MR) is 183 cm³/mol. The maximum absolute atomic E-state index is 11.2. The van der Waals surface area contributed by atoms with E-state index in [0.29, 0.717) is 17.6 Å². The summed E-state index contributed by atoms with van der Waals surface area (Å²) in [5.41, 5.74) is 7.87. The van der Waals surface area contributed by atoms with Gasteiger partial charge in [0, 0.05) is 13.0 Å². The van der Waals surface area contributed by atoms with Crippen LogP contribution in [0.5, 0.6) is 11.5 Å². The van der Waals surface area contributed by atoms with E-state index in [2.05, 4.69) is 106 Å². The van der Waals surface area contributed by atoms with Gasteiger partial charge < -0.3 is 14.6 Å². The monoisotopic (exact) mass is 598 g/mol. The van der Waals surface area contributed by atoms with Crippen molar-refractivity contribution in [1.82, 2.24) is 0 Å². The third-order valence-corrected chi connectivity index (χ3v) is 12.9. The van der Waals surface area contributed by atoms with Gasteiger partial charge in [-0.1, -0.05) is 94.2 Å². The first-order valence-corrected chi connectivity index (χ1v) is 17.5. The molecule has 0 bridgehead atoms. The van der Waals surface area contributed by atoms with Crippen molar-refractivity contribution in [3.63, 3.8) is 0 Å². The van der Waals surface area contributed by atoms with Crippen LogP contribution in [0.15, 0.2) is 30.3 Å². The first-order chi connectivity index (χ1) is 20.5. The molecular formula is C41H58O3. The molecule has 6 unspecified atom stereocenters. The lowest BCUT2D eigenvalue weighted by molar-refractivity contribution is -0.113. The Hall–Kier alpha value is -2.26. The number of hydrogen-bond acceptors (Lipinski definition) is 3. The lowest BCUT2D eigenvalue weighted by Crippen LogP contribution is -2.58. The van der Waals surface area contributed by atoms with E-state index in [4.69, 9.17) is 9.47 Å². The molecule has 3 heteroatoms. The van der Waals surface area contributed by atoms with Crippen LogP contribution in [0.3, 0.4) is 0 Å². The van der Waals surface area contributed by atoms with E-state index in [-0.39, 0.29) is 45.7 Å².